The Morgan fingerprint density at radius 2 is 1.55 bits per heavy atom. The summed E-state index contributed by atoms with van der Waals surface area (Å²) in [6.07, 6.45) is 10.1. The quantitative estimate of drug-likeness (QED) is 0.479. The van der Waals surface area contributed by atoms with Crippen molar-refractivity contribution in [2.45, 2.75) is 83.0 Å². The second-order valence-corrected chi connectivity index (χ2v) is 9.11. The summed E-state index contributed by atoms with van der Waals surface area (Å²) >= 11 is 0. The molecule has 2 aromatic rings. The Morgan fingerprint density at radius 1 is 0.828 bits per heavy atom. The zero-order valence-electron chi connectivity index (χ0n) is 17.3. The number of benzene rings is 2. The molecule has 156 valence electrons. The standard InChI is InChI=1S/C26H31F3/c1-2-3-4-17-5-7-18(8-6-17)22-15-24(28)26(25(29)16-22)20-10-9-19-11-12-23(27)14-21(19)13-20/h11-12,14-18,20H,2-10,13H2,1H3. The molecule has 0 N–H and O–H groups in total. The van der Waals surface area contributed by atoms with Crippen LogP contribution in [0.1, 0.15) is 92.4 Å². The minimum absolute atomic E-state index is 0.195. The van der Waals surface area contributed by atoms with Gasteiger partial charge in [-0.05, 0) is 104 Å². The van der Waals surface area contributed by atoms with Crippen LogP contribution in [0.5, 0.6) is 0 Å². The highest BCUT2D eigenvalue weighted by Gasteiger charge is 2.28. The van der Waals surface area contributed by atoms with E-state index in [1.54, 1.807) is 18.2 Å². The average Bonchev–Trinajstić information content (AvgIpc) is 2.72. The van der Waals surface area contributed by atoms with Gasteiger partial charge in [0.25, 0.3) is 0 Å². The highest BCUT2D eigenvalue weighted by atomic mass is 19.1. The van der Waals surface area contributed by atoms with Gasteiger partial charge in [-0.3, -0.25) is 0 Å². The molecule has 0 bridgehead atoms. The zero-order chi connectivity index (χ0) is 20.4. The van der Waals surface area contributed by atoms with Crippen LogP contribution in [0.25, 0.3) is 0 Å². The van der Waals surface area contributed by atoms with Crippen LogP contribution >= 0.6 is 0 Å². The highest BCUT2D eigenvalue weighted by Crippen LogP contribution is 2.41. The van der Waals surface area contributed by atoms with Gasteiger partial charge in [-0.15, -0.1) is 0 Å². The average molecular weight is 401 g/mol. The van der Waals surface area contributed by atoms with Gasteiger partial charge >= 0.3 is 0 Å². The van der Waals surface area contributed by atoms with Gasteiger partial charge in [0, 0.05) is 5.56 Å². The van der Waals surface area contributed by atoms with Crippen molar-refractivity contribution in [1.29, 1.82) is 0 Å². The molecule has 0 saturated heterocycles. The lowest BCUT2D eigenvalue weighted by Gasteiger charge is -2.30. The molecule has 0 spiro atoms. The van der Waals surface area contributed by atoms with E-state index in [9.17, 15) is 4.39 Å². The van der Waals surface area contributed by atoms with Crippen molar-refractivity contribution >= 4 is 0 Å². The molecular weight excluding hydrogens is 369 g/mol. The van der Waals surface area contributed by atoms with Gasteiger partial charge in [-0.2, -0.15) is 0 Å². The van der Waals surface area contributed by atoms with Gasteiger partial charge in [0.05, 0.1) is 0 Å². The fraction of sp³-hybridized carbons (Fsp3) is 0.538. The lowest BCUT2D eigenvalue weighted by molar-refractivity contribution is 0.303. The summed E-state index contributed by atoms with van der Waals surface area (Å²) in [5, 5.41) is 0. The van der Waals surface area contributed by atoms with E-state index in [-0.39, 0.29) is 23.2 Å². The third-order valence-corrected chi connectivity index (χ3v) is 7.19. The second-order valence-electron chi connectivity index (χ2n) is 9.11. The van der Waals surface area contributed by atoms with Crippen LogP contribution in [0, 0.1) is 23.4 Å². The monoisotopic (exact) mass is 400 g/mol. The van der Waals surface area contributed by atoms with Crippen LogP contribution in [0.2, 0.25) is 0 Å². The summed E-state index contributed by atoms with van der Waals surface area (Å²) < 4.78 is 43.7. The number of aryl methyl sites for hydroxylation is 1. The first-order valence-electron chi connectivity index (χ1n) is 11.3. The summed E-state index contributed by atoms with van der Waals surface area (Å²) in [5.74, 6) is -0.288. The van der Waals surface area contributed by atoms with E-state index in [1.807, 2.05) is 0 Å². The van der Waals surface area contributed by atoms with Gasteiger partial charge < -0.3 is 0 Å². The summed E-state index contributed by atoms with van der Waals surface area (Å²) in [6.45, 7) is 2.22. The molecule has 1 saturated carbocycles. The van der Waals surface area contributed by atoms with Crippen molar-refractivity contribution in [3.8, 4) is 0 Å². The van der Waals surface area contributed by atoms with E-state index < -0.39 is 11.6 Å². The van der Waals surface area contributed by atoms with Crippen molar-refractivity contribution in [2.24, 2.45) is 5.92 Å². The Kier molecular flexibility index (Phi) is 6.32. The second kappa shape index (κ2) is 8.93. The summed E-state index contributed by atoms with van der Waals surface area (Å²) in [5.41, 5.74) is 3.00. The highest BCUT2D eigenvalue weighted by molar-refractivity contribution is 5.37. The molecule has 1 atom stereocenters. The fourth-order valence-corrected chi connectivity index (χ4v) is 5.48. The number of unbranched alkanes of at least 4 members (excludes halogenated alkanes) is 1. The van der Waals surface area contributed by atoms with E-state index in [0.717, 1.165) is 41.9 Å². The third-order valence-electron chi connectivity index (χ3n) is 7.19. The van der Waals surface area contributed by atoms with Crippen LogP contribution in [-0.4, -0.2) is 0 Å². The Labute approximate surface area is 172 Å². The predicted octanol–water partition coefficient (Wildman–Crippen LogP) is 7.84. The number of hydrogen-bond donors (Lipinski definition) is 0. The normalized spacial score (nSPS) is 24.3. The predicted molar refractivity (Wildman–Crippen MR) is 112 cm³/mol. The molecule has 2 aliphatic carbocycles. The molecule has 0 aliphatic heterocycles. The Bertz CT molecular complexity index is 826. The molecule has 1 unspecified atom stereocenters. The third kappa shape index (κ3) is 4.54. The van der Waals surface area contributed by atoms with Gasteiger partial charge in [-0.1, -0.05) is 32.3 Å². The lowest BCUT2D eigenvalue weighted by Crippen LogP contribution is -2.17. The van der Waals surface area contributed by atoms with Crippen LogP contribution in [0.4, 0.5) is 13.2 Å². The van der Waals surface area contributed by atoms with Crippen molar-refractivity contribution in [3.05, 3.63) is 70.0 Å². The summed E-state index contributed by atoms with van der Waals surface area (Å²) in [7, 11) is 0. The maximum absolute atomic E-state index is 15.0. The molecular formula is C26H31F3. The molecule has 3 heteroatoms. The molecule has 0 aromatic heterocycles. The number of hydrogen-bond acceptors (Lipinski definition) is 0. The largest absolute Gasteiger partial charge is 0.207 e. The number of rotatable bonds is 5. The maximum Gasteiger partial charge on any atom is 0.129 e. The van der Waals surface area contributed by atoms with E-state index in [0.29, 0.717) is 12.8 Å². The van der Waals surface area contributed by atoms with E-state index in [4.69, 9.17) is 0 Å². The van der Waals surface area contributed by atoms with E-state index >= 15 is 8.78 Å². The van der Waals surface area contributed by atoms with Gasteiger partial charge in [-0.25, -0.2) is 13.2 Å². The zero-order valence-corrected chi connectivity index (χ0v) is 17.3. The minimum Gasteiger partial charge on any atom is -0.207 e. The van der Waals surface area contributed by atoms with Crippen LogP contribution in [0.3, 0.4) is 0 Å². The van der Waals surface area contributed by atoms with Crippen LogP contribution in [-0.2, 0) is 12.8 Å². The fourth-order valence-electron chi connectivity index (χ4n) is 5.48. The SMILES string of the molecule is CCCCC1CCC(c2cc(F)c(C3CCc4ccc(F)cc4C3)c(F)c2)CC1. The molecule has 29 heavy (non-hydrogen) atoms. The first-order chi connectivity index (χ1) is 14.0. The Hall–Kier alpha value is -1.77. The van der Waals surface area contributed by atoms with Gasteiger partial charge in [0.2, 0.25) is 0 Å². The molecule has 1 fully saturated rings. The summed E-state index contributed by atoms with van der Waals surface area (Å²) in [6, 6.07) is 7.94. The van der Waals surface area contributed by atoms with Crippen molar-refractivity contribution in [3.63, 3.8) is 0 Å². The molecule has 0 amide bonds. The van der Waals surface area contributed by atoms with Crippen LogP contribution < -0.4 is 0 Å². The van der Waals surface area contributed by atoms with Crippen molar-refractivity contribution < 1.29 is 13.2 Å². The molecule has 0 nitrogen and oxygen atoms in total. The Balaban J connectivity index is 1.48. The molecule has 4 rings (SSSR count). The topological polar surface area (TPSA) is 0 Å². The van der Waals surface area contributed by atoms with Crippen LogP contribution in [0.15, 0.2) is 30.3 Å². The molecule has 0 heterocycles. The first kappa shape index (κ1) is 20.5. The van der Waals surface area contributed by atoms with E-state index in [1.165, 1.54) is 44.2 Å². The smallest absolute Gasteiger partial charge is 0.129 e. The van der Waals surface area contributed by atoms with Crippen molar-refractivity contribution in [2.75, 3.05) is 0 Å². The summed E-state index contributed by atoms with van der Waals surface area (Å²) in [4.78, 5) is 0. The number of fused-ring (bicyclic) bond motifs is 1. The molecule has 0 radical (unpaired) electrons. The number of halogens is 3. The maximum atomic E-state index is 15.0. The first-order valence-corrected chi connectivity index (χ1v) is 11.3. The lowest BCUT2D eigenvalue weighted by atomic mass is 9.76. The molecule has 2 aliphatic rings. The molecule has 2 aromatic carbocycles. The van der Waals surface area contributed by atoms with Crippen molar-refractivity contribution in [1.82, 2.24) is 0 Å². The minimum atomic E-state index is -0.419. The Morgan fingerprint density at radius 3 is 2.24 bits per heavy atom. The van der Waals surface area contributed by atoms with Gasteiger partial charge in [0.15, 0.2) is 0 Å². The van der Waals surface area contributed by atoms with Gasteiger partial charge in [0.1, 0.15) is 17.5 Å². The van der Waals surface area contributed by atoms with E-state index in [2.05, 4.69) is 6.92 Å².